The number of anilines is 1. The number of aryl methyl sites for hydroxylation is 1. The first-order valence-corrected chi connectivity index (χ1v) is 6.83. The minimum absolute atomic E-state index is 0.0833. The second-order valence-corrected chi connectivity index (χ2v) is 4.67. The number of hydrogen-bond donors (Lipinski definition) is 1. The van der Waals surface area contributed by atoms with Gasteiger partial charge >= 0.3 is 0 Å². The molecule has 1 aromatic heterocycles. The number of benzene rings is 1. The molecule has 1 N–H and O–H groups in total. The second kappa shape index (κ2) is 6.25. The van der Waals surface area contributed by atoms with Gasteiger partial charge in [0.25, 0.3) is 0 Å². The minimum Gasteiger partial charge on any atom is -0.490 e. The molecule has 0 saturated heterocycles. The predicted molar refractivity (Wildman–Crippen MR) is 75.3 cm³/mol. The molecular weight excluding hydrogens is 272 g/mol. The van der Waals surface area contributed by atoms with Crippen molar-refractivity contribution in [3.63, 3.8) is 0 Å². The van der Waals surface area contributed by atoms with Crippen LogP contribution in [0.1, 0.15) is 12.8 Å². The number of fused-ring (bicyclic) bond motifs is 1. The van der Waals surface area contributed by atoms with Crippen molar-refractivity contribution in [2.45, 2.75) is 19.4 Å². The minimum atomic E-state index is -0.0833. The fourth-order valence-corrected chi connectivity index (χ4v) is 2.03. The number of carbonyl (C=O) groups excluding carboxylic acids is 1. The third-order valence-electron chi connectivity index (χ3n) is 3.07. The van der Waals surface area contributed by atoms with Gasteiger partial charge < -0.3 is 14.8 Å². The fraction of sp³-hybridized carbons (Fsp3) is 0.357. The summed E-state index contributed by atoms with van der Waals surface area (Å²) in [5.41, 5.74) is 0.697. The fourth-order valence-electron chi connectivity index (χ4n) is 2.03. The molecule has 0 atom stereocenters. The molecule has 0 aliphatic carbocycles. The summed E-state index contributed by atoms with van der Waals surface area (Å²) in [6, 6.07) is 5.41. The molecule has 2 heterocycles. The van der Waals surface area contributed by atoms with Gasteiger partial charge in [0.15, 0.2) is 11.5 Å². The Bertz CT molecular complexity index is 613. The molecule has 1 aromatic carbocycles. The van der Waals surface area contributed by atoms with E-state index in [0.29, 0.717) is 43.4 Å². The average Bonchev–Trinajstić information content (AvgIpc) is 2.90. The van der Waals surface area contributed by atoms with Crippen LogP contribution in [0.25, 0.3) is 0 Å². The Balaban J connectivity index is 1.59. The second-order valence-electron chi connectivity index (χ2n) is 4.67. The topological polar surface area (TPSA) is 78.3 Å². The van der Waals surface area contributed by atoms with Gasteiger partial charge in [0, 0.05) is 24.6 Å². The molecule has 21 heavy (non-hydrogen) atoms. The Morgan fingerprint density at radius 1 is 1.29 bits per heavy atom. The van der Waals surface area contributed by atoms with Gasteiger partial charge in [0.05, 0.1) is 19.8 Å². The summed E-state index contributed by atoms with van der Waals surface area (Å²) in [7, 11) is 0. The molecule has 0 spiro atoms. The average molecular weight is 288 g/mol. The van der Waals surface area contributed by atoms with E-state index in [0.717, 1.165) is 6.42 Å². The molecule has 0 saturated carbocycles. The summed E-state index contributed by atoms with van der Waals surface area (Å²) in [5, 5.41) is 6.79. The van der Waals surface area contributed by atoms with Crippen molar-refractivity contribution in [2.75, 3.05) is 18.5 Å². The van der Waals surface area contributed by atoms with Crippen molar-refractivity contribution in [1.82, 2.24) is 14.8 Å². The highest BCUT2D eigenvalue weighted by atomic mass is 16.5. The van der Waals surface area contributed by atoms with Gasteiger partial charge in [-0.05, 0) is 12.1 Å². The van der Waals surface area contributed by atoms with Gasteiger partial charge in [-0.15, -0.1) is 0 Å². The SMILES string of the molecule is O=C(CCn1cncn1)Nc1ccc2c(c1)OCCCO2. The molecule has 0 unspecified atom stereocenters. The highest BCUT2D eigenvalue weighted by molar-refractivity contribution is 5.91. The molecule has 0 fully saturated rings. The highest BCUT2D eigenvalue weighted by Crippen LogP contribution is 2.32. The first-order chi connectivity index (χ1) is 10.3. The number of hydrogen-bond acceptors (Lipinski definition) is 5. The number of rotatable bonds is 4. The van der Waals surface area contributed by atoms with Crippen LogP contribution in [0.15, 0.2) is 30.9 Å². The van der Waals surface area contributed by atoms with Crippen LogP contribution < -0.4 is 14.8 Å². The van der Waals surface area contributed by atoms with Crippen molar-refractivity contribution in [3.05, 3.63) is 30.9 Å². The molecule has 7 heteroatoms. The predicted octanol–water partition coefficient (Wildman–Crippen LogP) is 1.47. The van der Waals surface area contributed by atoms with E-state index in [-0.39, 0.29) is 5.91 Å². The molecule has 1 amide bonds. The van der Waals surface area contributed by atoms with Gasteiger partial charge in [-0.1, -0.05) is 0 Å². The van der Waals surface area contributed by atoms with E-state index < -0.39 is 0 Å². The number of ether oxygens (including phenoxy) is 2. The van der Waals surface area contributed by atoms with E-state index in [1.165, 1.54) is 6.33 Å². The molecule has 0 radical (unpaired) electrons. The van der Waals surface area contributed by atoms with Crippen LogP contribution in [0.3, 0.4) is 0 Å². The molecule has 2 aromatic rings. The van der Waals surface area contributed by atoms with Gasteiger partial charge in [-0.3, -0.25) is 9.48 Å². The number of carbonyl (C=O) groups is 1. The van der Waals surface area contributed by atoms with Crippen LogP contribution in [0.2, 0.25) is 0 Å². The van der Waals surface area contributed by atoms with Crippen molar-refractivity contribution >= 4 is 11.6 Å². The Morgan fingerprint density at radius 2 is 2.14 bits per heavy atom. The monoisotopic (exact) mass is 288 g/mol. The number of aromatic nitrogens is 3. The maximum atomic E-state index is 11.9. The normalized spacial score (nSPS) is 13.5. The van der Waals surface area contributed by atoms with E-state index in [2.05, 4.69) is 15.4 Å². The lowest BCUT2D eigenvalue weighted by Gasteiger charge is -2.10. The lowest BCUT2D eigenvalue weighted by atomic mass is 10.2. The van der Waals surface area contributed by atoms with Crippen LogP contribution >= 0.6 is 0 Å². The van der Waals surface area contributed by atoms with Crippen molar-refractivity contribution < 1.29 is 14.3 Å². The van der Waals surface area contributed by atoms with Crippen LogP contribution in [-0.4, -0.2) is 33.9 Å². The van der Waals surface area contributed by atoms with E-state index in [1.807, 2.05) is 6.07 Å². The van der Waals surface area contributed by atoms with Crippen LogP contribution in [0.5, 0.6) is 11.5 Å². The van der Waals surface area contributed by atoms with Crippen molar-refractivity contribution in [2.24, 2.45) is 0 Å². The largest absolute Gasteiger partial charge is 0.490 e. The highest BCUT2D eigenvalue weighted by Gasteiger charge is 2.11. The zero-order valence-corrected chi connectivity index (χ0v) is 11.5. The molecule has 110 valence electrons. The third kappa shape index (κ3) is 3.50. The third-order valence-corrected chi connectivity index (χ3v) is 3.07. The summed E-state index contributed by atoms with van der Waals surface area (Å²) in [6.45, 7) is 1.77. The lowest BCUT2D eigenvalue weighted by Crippen LogP contribution is -2.14. The van der Waals surface area contributed by atoms with Gasteiger partial charge in [0.2, 0.25) is 5.91 Å². The molecular formula is C14H16N4O3. The van der Waals surface area contributed by atoms with Crippen molar-refractivity contribution in [1.29, 1.82) is 0 Å². The lowest BCUT2D eigenvalue weighted by molar-refractivity contribution is -0.116. The molecule has 7 nitrogen and oxygen atoms in total. The first kappa shape index (κ1) is 13.4. The molecule has 1 aliphatic rings. The zero-order valence-electron chi connectivity index (χ0n) is 11.5. The van der Waals surface area contributed by atoms with E-state index in [1.54, 1.807) is 23.1 Å². The Hall–Kier alpha value is -2.57. The molecule has 0 bridgehead atoms. The van der Waals surface area contributed by atoms with E-state index in [4.69, 9.17) is 9.47 Å². The van der Waals surface area contributed by atoms with Gasteiger partial charge in [-0.25, -0.2) is 4.98 Å². The summed E-state index contributed by atoms with van der Waals surface area (Å²) < 4.78 is 12.8. The van der Waals surface area contributed by atoms with Gasteiger partial charge in [-0.2, -0.15) is 5.10 Å². The summed E-state index contributed by atoms with van der Waals surface area (Å²) in [5.74, 6) is 1.30. The summed E-state index contributed by atoms with van der Waals surface area (Å²) in [6.07, 6.45) is 4.22. The Kier molecular flexibility index (Phi) is 3.99. The van der Waals surface area contributed by atoms with Crippen LogP contribution in [-0.2, 0) is 11.3 Å². The standard InChI is InChI=1S/C14H16N4O3/c19-14(4-5-18-10-15-9-16-18)17-11-2-3-12-13(8-11)21-7-1-6-20-12/h2-3,8-10H,1,4-7H2,(H,17,19). The number of nitrogens with one attached hydrogen (secondary N) is 1. The molecule has 3 rings (SSSR count). The maximum absolute atomic E-state index is 11.9. The van der Waals surface area contributed by atoms with Crippen molar-refractivity contribution in [3.8, 4) is 11.5 Å². The van der Waals surface area contributed by atoms with E-state index in [9.17, 15) is 4.79 Å². The number of amides is 1. The van der Waals surface area contributed by atoms with Gasteiger partial charge in [0.1, 0.15) is 12.7 Å². The van der Waals surface area contributed by atoms with Crippen LogP contribution in [0, 0.1) is 0 Å². The Labute approximate surface area is 121 Å². The Morgan fingerprint density at radius 3 is 2.95 bits per heavy atom. The number of nitrogens with zero attached hydrogens (tertiary/aromatic N) is 3. The zero-order chi connectivity index (χ0) is 14.5. The van der Waals surface area contributed by atoms with E-state index >= 15 is 0 Å². The maximum Gasteiger partial charge on any atom is 0.226 e. The van der Waals surface area contributed by atoms with Crippen LogP contribution in [0.4, 0.5) is 5.69 Å². The first-order valence-electron chi connectivity index (χ1n) is 6.83. The summed E-state index contributed by atoms with van der Waals surface area (Å²) in [4.78, 5) is 15.7. The molecule has 1 aliphatic heterocycles. The smallest absolute Gasteiger partial charge is 0.226 e. The quantitative estimate of drug-likeness (QED) is 0.921. The summed E-state index contributed by atoms with van der Waals surface area (Å²) >= 11 is 0.